The first kappa shape index (κ1) is 15.1. The maximum absolute atomic E-state index is 3.90. The molecule has 3 rings (SSSR count). The van der Waals surface area contributed by atoms with E-state index < -0.39 is 0 Å². The Morgan fingerprint density at radius 2 is 1.81 bits per heavy atom. The van der Waals surface area contributed by atoms with Gasteiger partial charge in [-0.25, -0.2) is 0 Å². The van der Waals surface area contributed by atoms with Crippen LogP contribution in [0.3, 0.4) is 0 Å². The summed E-state index contributed by atoms with van der Waals surface area (Å²) in [6, 6.07) is 11.3. The van der Waals surface area contributed by atoms with E-state index in [2.05, 4.69) is 55.3 Å². The Hall–Kier alpha value is -0.860. The van der Waals surface area contributed by atoms with Crippen LogP contribution >= 0.6 is 0 Å². The van der Waals surface area contributed by atoms with Gasteiger partial charge >= 0.3 is 0 Å². The normalized spacial score (nSPS) is 27.8. The van der Waals surface area contributed by atoms with Crippen LogP contribution in [0.1, 0.15) is 56.6 Å². The van der Waals surface area contributed by atoms with E-state index in [9.17, 15) is 0 Å². The number of aryl methyl sites for hydroxylation is 1. The van der Waals surface area contributed by atoms with E-state index in [1.165, 1.54) is 44.3 Å². The Balaban J connectivity index is 1.41. The molecule has 0 bridgehead atoms. The minimum absolute atomic E-state index is 0.709. The van der Waals surface area contributed by atoms with E-state index >= 15 is 0 Å². The van der Waals surface area contributed by atoms with Gasteiger partial charge < -0.3 is 10.2 Å². The molecule has 2 fully saturated rings. The number of hydrogen-bond acceptors (Lipinski definition) is 2. The Morgan fingerprint density at radius 3 is 2.43 bits per heavy atom. The van der Waals surface area contributed by atoms with Crippen molar-refractivity contribution in [3.63, 3.8) is 0 Å². The first-order valence-corrected chi connectivity index (χ1v) is 8.68. The molecule has 0 unspecified atom stereocenters. The van der Waals surface area contributed by atoms with Crippen molar-refractivity contribution in [2.75, 3.05) is 13.1 Å². The van der Waals surface area contributed by atoms with Gasteiger partial charge in [0.05, 0.1) is 0 Å². The van der Waals surface area contributed by atoms with Crippen molar-refractivity contribution >= 4 is 0 Å². The maximum atomic E-state index is 3.90. The van der Waals surface area contributed by atoms with Crippen LogP contribution in [-0.2, 0) is 0 Å². The molecule has 2 nitrogen and oxygen atoms in total. The number of nitrogens with zero attached hydrogens (tertiary/aromatic N) is 1. The highest BCUT2D eigenvalue weighted by Crippen LogP contribution is 2.37. The third kappa shape index (κ3) is 3.67. The molecular formula is C19H30N2. The van der Waals surface area contributed by atoms with Crippen LogP contribution in [0.4, 0.5) is 0 Å². The quantitative estimate of drug-likeness (QED) is 0.908. The monoisotopic (exact) mass is 286 g/mol. The molecule has 1 heterocycles. The van der Waals surface area contributed by atoms with E-state index in [-0.39, 0.29) is 0 Å². The van der Waals surface area contributed by atoms with E-state index in [1.54, 1.807) is 5.56 Å². The summed E-state index contributed by atoms with van der Waals surface area (Å²) >= 11 is 0. The Bertz CT molecular complexity index is 454. The fourth-order valence-corrected chi connectivity index (χ4v) is 3.87. The highest BCUT2D eigenvalue weighted by molar-refractivity contribution is 5.27. The lowest BCUT2D eigenvalue weighted by Gasteiger charge is -2.42. The van der Waals surface area contributed by atoms with Crippen LogP contribution in [0.2, 0.25) is 0 Å². The predicted octanol–water partition coefficient (Wildman–Crippen LogP) is 3.70. The van der Waals surface area contributed by atoms with Gasteiger partial charge in [-0.3, -0.25) is 0 Å². The van der Waals surface area contributed by atoms with Gasteiger partial charge in [0.15, 0.2) is 0 Å². The number of hydrogen-bond donors (Lipinski definition) is 1. The van der Waals surface area contributed by atoms with Crippen LogP contribution in [0, 0.1) is 6.92 Å². The smallest absolute Gasteiger partial charge is 0.00940 e. The number of likely N-dealkylation sites (tertiary alicyclic amines) is 1. The number of benzene rings is 1. The van der Waals surface area contributed by atoms with E-state index in [1.807, 2.05) is 0 Å². The second-order valence-corrected chi connectivity index (χ2v) is 7.35. The molecule has 0 amide bonds. The van der Waals surface area contributed by atoms with E-state index in [0.717, 1.165) is 18.0 Å². The molecule has 21 heavy (non-hydrogen) atoms. The fraction of sp³-hybridized carbons (Fsp3) is 0.684. The van der Waals surface area contributed by atoms with Gasteiger partial charge in [-0.1, -0.05) is 29.8 Å². The molecule has 0 spiro atoms. The molecule has 0 atom stereocenters. The van der Waals surface area contributed by atoms with Gasteiger partial charge in [-0.2, -0.15) is 0 Å². The van der Waals surface area contributed by atoms with Crippen LogP contribution in [0.15, 0.2) is 24.3 Å². The molecule has 1 aliphatic heterocycles. The SMILES string of the molecule is Cc1cccc(C2CC(NC3CCN(C(C)C)CC3)C2)c1. The van der Waals surface area contributed by atoms with Crippen LogP contribution in [0.5, 0.6) is 0 Å². The number of nitrogens with one attached hydrogen (secondary N) is 1. The highest BCUT2D eigenvalue weighted by Gasteiger charge is 2.32. The van der Waals surface area contributed by atoms with Crippen molar-refractivity contribution < 1.29 is 0 Å². The predicted molar refractivity (Wildman–Crippen MR) is 89.8 cm³/mol. The third-order valence-corrected chi connectivity index (χ3v) is 5.38. The summed E-state index contributed by atoms with van der Waals surface area (Å²) in [7, 11) is 0. The summed E-state index contributed by atoms with van der Waals surface area (Å²) in [5.74, 6) is 0.790. The van der Waals surface area contributed by atoms with Crippen LogP contribution < -0.4 is 5.32 Å². The van der Waals surface area contributed by atoms with Gasteiger partial charge in [0, 0.05) is 18.1 Å². The Morgan fingerprint density at radius 1 is 1.10 bits per heavy atom. The molecule has 0 radical (unpaired) electrons. The minimum Gasteiger partial charge on any atom is -0.311 e. The second kappa shape index (κ2) is 6.50. The van der Waals surface area contributed by atoms with Gasteiger partial charge in [0.25, 0.3) is 0 Å². The summed E-state index contributed by atoms with van der Waals surface area (Å²) in [5, 5.41) is 3.90. The zero-order valence-electron chi connectivity index (χ0n) is 13.8. The summed E-state index contributed by atoms with van der Waals surface area (Å²) in [5.41, 5.74) is 2.94. The zero-order chi connectivity index (χ0) is 14.8. The number of rotatable bonds is 4. The van der Waals surface area contributed by atoms with Crippen molar-refractivity contribution in [1.29, 1.82) is 0 Å². The summed E-state index contributed by atoms with van der Waals surface area (Å²) < 4.78 is 0. The van der Waals surface area contributed by atoms with E-state index in [4.69, 9.17) is 0 Å². The molecule has 1 saturated heterocycles. The highest BCUT2D eigenvalue weighted by atomic mass is 15.2. The van der Waals surface area contributed by atoms with Crippen molar-refractivity contribution in [3.05, 3.63) is 35.4 Å². The molecule has 1 aliphatic carbocycles. The molecule has 1 aromatic carbocycles. The van der Waals surface area contributed by atoms with Crippen molar-refractivity contribution in [3.8, 4) is 0 Å². The van der Waals surface area contributed by atoms with Gasteiger partial charge in [-0.05, 0) is 71.0 Å². The average Bonchev–Trinajstić information content (AvgIpc) is 2.43. The summed E-state index contributed by atoms with van der Waals surface area (Å²) in [6.07, 6.45) is 5.30. The minimum atomic E-state index is 0.709. The van der Waals surface area contributed by atoms with Crippen LogP contribution in [0.25, 0.3) is 0 Å². The lowest BCUT2D eigenvalue weighted by atomic mass is 9.75. The van der Waals surface area contributed by atoms with Crippen molar-refractivity contribution in [1.82, 2.24) is 10.2 Å². The van der Waals surface area contributed by atoms with Crippen LogP contribution in [-0.4, -0.2) is 36.1 Å². The summed E-state index contributed by atoms with van der Waals surface area (Å²) in [4.78, 5) is 2.61. The lowest BCUT2D eigenvalue weighted by Crippen LogP contribution is -2.50. The lowest BCUT2D eigenvalue weighted by molar-refractivity contribution is 0.144. The van der Waals surface area contributed by atoms with Crippen molar-refractivity contribution in [2.24, 2.45) is 0 Å². The number of piperidine rings is 1. The van der Waals surface area contributed by atoms with Gasteiger partial charge in [-0.15, -0.1) is 0 Å². The molecule has 1 aromatic rings. The average molecular weight is 286 g/mol. The first-order valence-electron chi connectivity index (χ1n) is 8.68. The maximum Gasteiger partial charge on any atom is 0.00940 e. The molecule has 0 aromatic heterocycles. The molecule has 2 heteroatoms. The molecule has 116 valence electrons. The molecule has 1 N–H and O–H groups in total. The topological polar surface area (TPSA) is 15.3 Å². The third-order valence-electron chi connectivity index (χ3n) is 5.38. The first-order chi connectivity index (χ1) is 10.1. The summed E-state index contributed by atoms with van der Waals surface area (Å²) in [6.45, 7) is 9.35. The standard InChI is InChI=1S/C19H30N2/c1-14(2)21-9-7-18(8-10-21)20-19-12-17(13-19)16-6-4-5-15(3)11-16/h4-6,11,14,17-20H,7-10,12-13H2,1-3H3. The Labute approximate surface area is 129 Å². The van der Waals surface area contributed by atoms with E-state index in [0.29, 0.717) is 6.04 Å². The Kier molecular flexibility index (Phi) is 4.66. The fourth-order valence-electron chi connectivity index (χ4n) is 3.87. The second-order valence-electron chi connectivity index (χ2n) is 7.35. The largest absolute Gasteiger partial charge is 0.311 e. The van der Waals surface area contributed by atoms with Gasteiger partial charge in [0.1, 0.15) is 0 Å². The zero-order valence-corrected chi connectivity index (χ0v) is 13.8. The molecule has 2 aliphatic rings. The molecular weight excluding hydrogens is 256 g/mol. The van der Waals surface area contributed by atoms with Crippen molar-refractivity contribution in [2.45, 2.75) is 70.5 Å². The van der Waals surface area contributed by atoms with Gasteiger partial charge in [0.2, 0.25) is 0 Å². The molecule has 1 saturated carbocycles.